The van der Waals surface area contributed by atoms with Gasteiger partial charge in [-0.15, -0.1) is 11.3 Å². The van der Waals surface area contributed by atoms with Crippen LogP contribution in [0.1, 0.15) is 18.1 Å². The van der Waals surface area contributed by atoms with Crippen molar-refractivity contribution in [1.29, 1.82) is 0 Å². The second-order valence-electron chi connectivity index (χ2n) is 12.9. The topological polar surface area (TPSA) is 25.8 Å². The van der Waals surface area contributed by atoms with Crippen LogP contribution in [0.2, 0.25) is 0 Å². The molecule has 0 amide bonds. The van der Waals surface area contributed by atoms with Crippen molar-refractivity contribution in [2.75, 3.05) is 0 Å². The van der Waals surface area contributed by atoms with Crippen molar-refractivity contribution in [2.24, 2.45) is 0 Å². The van der Waals surface area contributed by atoms with E-state index >= 15 is 0 Å². The molecule has 0 saturated heterocycles. The van der Waals surface area contributed by atoms with E-state index in [1.54, 1.807) is 0 Å². The fraction of sp³-hybridized carbons (Fsp3) is 0.0213. The Hall–Kier alpha value is -6.16. The molecule has 2 nitrogen and oxygen atoms in total. The fourth-order valence-electron chi connectivity index (χ4n) is 7.90. The summed E-state index contributed by atoms with van der Waals surface area (Å²) in [6.45, 7) is 6.28. The quantitative estimate of drug-likeness (QED) is 0.177. The summed E-state index contributed by atoms with van der Waals surface area (Å²) in [5, 5.41) is 13.4. The third-order valence-corrected chi connectivity index (χ3v) is 11.3. The Kier molecular flexibility index (Phi) is 6.45. The first-order valence-corrected chi connectivity index (χ1v) is 17.8. The van der Waals surface area contributed by atoms with Gasteiger partial charge in [-0.05, 0) is 68.6 Å². The van der Waals surface area contributed by atoms with Crippen LogP contribution < -0.4 is 0 Å². The van der Waals surface area contributed by atoms with Gasteiger partial charge in [-0.2, -0.15) is 0 Å². The van der Waals surface area contributed by atoms with E-state index in [2.05, 4.69) is 153 Å². The molecule has 0 aliphatic rings. The van der Waals surface area contributed by atoms with Gasteiger partial charge >= 0.3 is 0 Å². The molecule has 2 aromatic heterocycles. The largest absolute Gasteiger partial charge is 0.227 e. The molecule has 0 aliphatic carbocycles. The number of fused-ring (bicyclic) bond motifs is 13. The second kappa shape index (κ2) is 11.2. The summed E-state index contributed by atoms with van der Waals surface area (Å²) in [5.74, 6) is 0.729. The Labute approximate surface area is 293 Å². The zero-order valence-corrected chi connectivity index (χ0v) is 28.3. The van der Waals surface area contributed by atoms with Crippen molar-refractivity contribution >= 4 is 97.7 Å². The van der Waals surface area contributed by atoms with Crippen LogP contribution >= 0.6 is 11.3 Å². The minimum absolute atomic E-state index is 0.729. The number of hydrogen-bond acceptors (Lipinski definition) is 3. The Morgan fingerprint density at radius 2 is 1.26 bits per heavy atom. The first-order valence-electron chi connectivity index (χ1n) is 17.0. The number of rotatable bonds is 4. The molecule has 234 valence electrons. The molecule has 10 aromatic rings. The maximum atomic E-state index is 5.29. The highest BCUT2D eigenvalue weighted by molar-refractivity contribution is 7.26. The standard InChI is InChI=1S/C47H30N2S/c1-3-12-28-21-26-41-42(32(28)4-2)38-25-24-37-35-22-20-31(27-40(35)34-17-10-11-18-36(34)43(37)46(38)50-41)47-48-44(30-14-6-5-7-15-30)39-23-19-29-13-8-9-16-33(29)45(39)49-47/h3-27H,2H2,1H3/b12-3-. The molecular formula is C47H30N2S. The maximum absolute atomic E-state index is 5.29. The van der Waals surface area contributed by atoms with Crippen LogP contribution in [-0.4, -0.2) is 9.97 Å². The molecule has 10 rings (SSSR count). The molecule has 0 radical (unpaired) electrons. The molecule has 0 bridgehead atoms. The Morgan fingerprint density at radius 1 is 0.560 bits per heavy atom. The van der Waals surface area contributed by atoms with E-state index in [9.17, 15) is 0 Å². The van der Waals surface area contributed by atoms with Gasteiger partial charge in [0.05, 0.1) is 11.2 Å². The summed E-state index contributed by atoms with van der Waals surface area (Å²) < 4.78 is 2.60. The van der Waals surface area contributed by atoms with E-state index in [1.807, 2.05) is 23.5 Å². The average molecular weight is 655 g/mol. The van der Waals surface area contributed by atoms with Gasteiger partial charge in [0.25, 0.3) is 0 Å². The molecule has 0 atom stereocenters. The molecule has 0 saturated carbocycles. The molecule has 0 spiro atoms. The van der Waals surface area contributed by atoms with Gasteiger partial charge in [0.1, 0.15) is 0 Å². The summed E-state index contributed by atoms with van der Waals surface area (Å²) >= 11 is 1.88. The summed E-state index contributed by atoms with van der Waals surface area (Å²) in [6.07, 6.45) is 6.28. The summed E-state index contributed by atoms with van der Waals surface area (Å²) in [7, 11) is 0. The number of allylic oxidation sites excluding steroid dienone is 1. The van der Waals surface area contributed by atoms with Crippen LogP contribution in [-0.2, 0) is 0 Å². The predicted octanol–water partition coefficient (Wildman–Crippen LogP) is 13.6. The zero-order valence-electron chi connectivity index (χ0n) is 27.4. The molecule has 0 N–H and O–H groups in total. The molecule has 0 aliphatic heterocycles. The van der Waals surface area contributed by atoms with Crippen molar-refractivity contribution in [3.05, 3.63) is 157 Å². The maximum Gasteiger partial charge on any atom is 0.160 e. The minimum Gasteiger partial charge on any atom is -0.227 e. The second-order valence-corrected chi connectivity index (χ2v) is 13.9. The zero-order chi connectivity index (χ0) is 33.3. The van der Waals surface area contributed by atoms with E-state index in [-0.39, 0.29) is 0 Å². The number of thiophene rings is 1. The number of aromatic nitrogens is 2. The highest BCUT2D eigenvalue weighted by Crippen LogP contribution is 2.46. The predicted molar refractivity (Wildman–Crippen MR) is 218 cm³/mol. The molecule has 0 unspecified atom stereocenters. The first-order chi connectivity index (χ1) is 24.7. The van der Waals surface area contributed by atoms with Crippen molar-refractivity contribution in [2.45, 2.75) is 6.92 Å². The lowest BCUT2D eigenvalue weighted by atomic mass is 9.91. The molecule has 50 heavy (non-hydrogen) atoms. The van der Waals surface area contributed by atoms with Gasteiger partial charge in [0.2, 0.25) is 0 Å². The van der Waals surface area contributed by atoms with E-state index in [4.69, 9.17) is 9.97 Å². The smallest absolute Gasteiger partial charge is 0.160 e. The number of hydrogen-bond donors (Lipinski definition) is 0. The van der Waals surface area contributed by atoms with Gasteiger partial charge in [-0.3, -0.25) is 0 Å². The van der Waals surface area contributed by atoms with Crippen molar-refractivity contribution in [1.82, 2.24) is 9.97 Å². The van der Waals surface area contributed by atoms with Crippen LogP contribution in [0.5, 0.6) is 0 Å². The van der Waals surface area contributed by atoms with E-state index in [1.165, 1.54) is 69.0 Å². The summed E-state index contributed by atoms with van der Waals surface area (Å²) in [5.41, 5.74) is 6.40. The van der Waals surface area contributed by atoms with Crippen LogP contribution in [0.3, 0.4) is 0 Å². The Bertz CT molecular complexity index is 3040. The minimum atomic E-state index is 0.729. The van der Waals surface area contributed by atoms with Crippen molar-refractivity contribution < 1.29 is 0 Å². The number of benzene rings is 8. The van der Waals surface area contributed by atoms with Crippen molar-refractivity contribution in [3.63, 3.8) is 0 Å². The molecule has 0 fully saturated rings. The summed E-state index contributed by atoms with van der Waals surface area (Å²) in [6, 6.07) is 48.0. The lowest BCUT2D eigenvalue weighted by molar-refractivity contribution is 1.24. The lowest BCUT2D eigenvalue weighted by Crippen LogP contribution is -1.96. The van der Waals surface area contributed by atoms with Gasteiger partial charge in [-0.25, -0.2) is 9.97 Å². The van der Waals surface area contributed by atoms with Crippen LogP contribution in [0, 0.1) is 0 Å². The molecule has 3 heteroatoms. The van der Waals surface area contributed by atoms with Crippen molar-refractivity contribution in [3.8, 4) is 22.6 Å². The monoisotopic (exact) mass is 654 g/mol. The van der Waals surface area contributed by atoms with Gasteiger partial charge in [0, 0.05) is 47.5 Å². The average Bonchev–Trinajstić information content (AvgIpc) is 3.56. The molecule has 2 heterocycles. The number of nitrogens with zero attached hydrogens (tertiary/aromatic N) is 2. The lowest BCUT2D eigenvalue weighted by Gasteiger charge is -2.14. The van der Waals surface area contributed by atoms with Gasteiger partial charge in [-0.1, -0.05) is 140 Å². The fourth-order valence-corrected chi connectivity index (χ4v) is 9.18. The van der Waals surface area contributed by atoms with E-state index in [0.29, 0.717) is 0 Å². The highest BCUT2D eigenvalue weighted by atomic mass is 32.1. The molecular weight excluding hydrogens is 625 g/mol. The summed E-state index contributed by atoms with van der Waals surface area (Å²) in [4.78, 5) is 10.6. The Morgan fingerprint density at radius 3 is 2.10 bits per heavy atom. The van der Waals surface area contributed by atoms with Gasteiger partial charge in [0.15, 0.2) is 5.82 Å². The normalized spacial score (nSPS) is 12.1. The van der Waals surface area contributed by atoms with E-state index < -0.39 is 0 Å². The van der Waals surface area contributed by atoms with Crippen LogP contribution in [0.15, 0.2) is 146 Å². The molecule has 8 aromatic carbocycles. The van der Waals surface area contributed by atoms with Crippen LogP contribution in [0.4, 0.5) is 0 Å². The Balaban J connectivity index is 1.27. The highest BCUT2D eigenvalue weighted by Gasteiger charge is 2.19. The van der Waals surface area contributed by atoms with E-state index in [0.717, 1.165) is 38.9 Å². The van der Waals surface area contributed by atoms with Crippen LogP contribution in [0.25, 0.3) is 109 Å². The first kappa shape index (κ1) is 28.8. The van der Waals surface area contributed by atoms with Gasteiger partial charge < -0.3 is 0 Å². The third-order valence-electron chi connectivity index (χ3n) is 10.1. The SMILES string of the molecule is C=Cc1c(/C=C\C)ccc2sc3c(ccc4c5ccc(-c6nc(-c7ccccc7)c7ccc8ccccc8c7n6)cc5c5ccccc5c43)c12. The third kappa shape index (κ3) is 4.20.